The maximum absolute atomic E-state index is 12.7. The summed E-state index contributed by atoms with van der Waals surface area (Å²) < 4.78 is 16.4. The van der Waals surface area contributed by atoms with Crippen LogP contribution in [0.25, 0.3) is 11.1 Å². The predicted molar refractivity (Wildman–Crippen MR) is 130 cm³/mol. The van der Waals surface area contributed by atoms with E-state index in [1.165, 1.54) is 19.4 Å². The molecule has 0 unspecified atom stereocenters. The van der Waals surface area contributed by atoms with E-state index in [0.29, 0.717) is 17.1 Å². The number of aryl methyl sites for hydroxylation is 1. The van der Waals surface area contributed by atoms with Gasteiger partial charge in [0.2, 0.25) is 5.71 Å². The molecule has 0 aliphatic heterocycles. The van der Waals surface area contributed by atoms with Crippen molar-refractivity contribution in [3.63, 3.8) is 0 Å². The largest absolute Gasteiger partial charge is 0.496 e. The number of carbonyl (C=O) groups is 2. The van der Waals surface area contributed by atoms with Crippen LogP contribution in [0, 0.1) is 0 Å². The van der Waals surface area contributed by atoms with Crippen LogP contribution in [0.1, 0.15) is 23.8 Å². The van der Waals surface area contributed by atoms with Gasteiger partial charge in [0.15, 0.2) is 5.76 Å². The third kappa shape index (κ3) is 6.00. The molecule has 3 aromatic rings. The summed E-state index contributed by atoms with van der Waals surface area (Å²) in [5, 5.41) is 15.9. The van der Waals surface area contributed by atoms with Gasteiger partial charge in [-0.05, 0) is 47.4 Å². The van der Waals surface area contributed by atoms with Crippen LogP contribution < -0.4 is 14.8 Å². The second kappa shape index (κ2) is 11.7. The summed E-state index contributed by atoms with van der Waals surface area (Å²) in [4.78, 5) is 29.3. The molecule has 0 aliphatic carbocycles. The fraction of sp³-hybridized carbons (Fsp3) is 0.269. The van der Waals surface area contributed by atoms with Gasteiger partial charge >= 0.3 is 5.97 Å². The van der Waals surface area contributed by atoms with Crippen LogP contribution in [0.5, 0.6) is 11.5 Å². The highest BCUT2D eigenvalue weighted by atomic mass is 16.6. The number of oxime groups is 1. The number of rotatable bonds is 11. The van der Waals surface area contributed by atoms with Gasteiger partial charge in [0.1, 0.15) is 24.7 Å². The number of hydrogen-bond donors (Lipinski definition) is 2. The Kier molecular flexibility index (Phi) is 8.50. The molecular weight excluding hydrogens is 452 g/mol. The lowest BCUT2D eigenvalue weighted by Crippen LogP contribution is -2.45. The zero-order valence-electron chi connectivity index (χ0n) is 20.0. The third-order valence-electron chi connectivity index (χ3n) is 5.41. The molecule has 2 aromatic carbocycles. The Balaban J connectivity index is 1.82. The smallest absolute Gasteiger partial charge is 0.326 e. The molecule has 184 valence electrons. The van der Waals surface area contributed by atoms with Crippen molar-refractivity contribution < 1.29 is 33.4 Å². The van der Waals surface area contributed by atoms with Gasteiger partial charge in [-0.3, -0.25) is 4.79 Å². The highest BCUT2D eigenvalue weighted by Crippen LogP contribution is 2.39. The summed E-state index contributed by atoms with van der Waals surface area (Å²) in [7, 11) is 4.50. The number of carboxylic acids is 1. The number of furan rings is 1. The second-order valence-electron chi connectivity index (χ2n) is 7.59. The zero-order valence-corrected chi connectivity index (χ0v) is 20.0. The first-order valence-electron chi connectivity index (χ1n) is 10.9. The maximum atomic E-state index is 12.7. The number of aliphatic carboxylic acids is 1. The fourth-order valence-electron chi connectivity index (χ4n) is 3.63. The van der Waals surface area contributed by atoms with Crippen molar-refractivity contribution in [1.82, 2.24) is 5.32 Å². The molecule has 35 heavy (non-hydrogen) atoms. The molecule has 1 aromatic heterocycles. The van der Waals surface area contributed by atoms with Gasteiger partial charge in [-0.25, -0.2) is 4.79 Å². The predicted octanol–water partition coefficient (Wildman–Crippen LogP) is 3.69. The van der Waals surface area contributed by atoms with Crippen LogP contribution >= 0.6 is 0 Å². The summed E-state index contributed by atoms with van der Waals surface area (Å²) in [5.41, 5.74) is 3.31. The van der Waals surface area contributed by atoms with Gasteiger partial charge in [0, 0.05) is 6.42 Å². The first kappa shape index (κ1) is 25.4. The van der Waals surface area contributed by atoms with E-state index in [0.717, 1.165) is 23.1 Å². The van der Waals surface area contributed by atoms with Gasteiger partial charge in [-0.15, -0.1) is 0 Å². The Morgan fingerprint density at radius 3 is 2.17 bits per heavy atom. The van der Waals surface area contributed by atoms with Crippen LogP contribution in [0.4, 0.5) is 0 Å². The summed E-state index contributed by atoms with van der Waals surface area (Å²) in [6.07, 6.45) is 2.28. The average molecular weight is 481 g/mol. The fourth-order valence-corrected chi connectivity index (χ4v) is 3.63. The lowest BCUT2D eigenvalue weighted by molar-refractivity contribution is -0.141. The van der Waals surface area contributed by atoms with Crippen LogP contribution in [0.2, 0.25) is 0 Å². The molecular formula is C26H28N2O7. The number of methoxy groups -OCH3 is 2. The molecule has 9 heteroatoms. The Bertz CT molecular complexity index is 1160. The first-order chi connectivity index (χ1) is 16.9. The molecule has 0 saturated carbocycles. The molecule has 0 saturated heterocycles. The SMILES string of the molecule is CCc1cc(OC)c(-c2ccc(C[C@H](NC(=O)C(=NOC)c3ccco3)C(=O)O)cc2)c(OC)c1. The van der Waals surface area contributed by atoms with Crippen molar-refractivity contribution in [2.45, 2.75) is 25.8 Å². The Hall–Kier alpha value is -4.27. The Morgan fingerprint density at radius 2 is 1.69 bits per heavy atom. The molecule has 9 nitrogen and oxygen atoms in total. The topological polar surface area (TPSA) is 120 Å². The quantitative estimate of drug-likeness (QED) is 0.317. The number of ether oxygens (including phenoxy) is 2. The summed E-state index contributed by atoms with van der Waals surface area (Å²) in [5.74, 6) is -0.372. The van der Waals surface area contributed by atoms with Crippen molar-refractivity contribution in [2.75, 3.05) is 21.3 Å². The second-order valence-corrected chi connectivity index (χ2v) is 7.59. The minimum absolute atomic E-state index is 0.0583. The number of amides is 1. The highest BCUT2D eigenvalue weighted by molar-refractivity contribution is 6.44. The van der Waals surface area contributed by atoms with Gasteiger partial charge in [-0.1, -0.05) is 36.3 Å². The summed E-state index contributed by atoms with van der Waals surface area (Å²) in [6, 6.07) is 13.2. The van der Waals surface area contributed by atoms with E-state index in [1.54, 1.807) is 32.4 Å². The maximum Gasteiger partial charge on any atom is 0.326 e. The van der Waals surface area contributed by atoms with Crippen molar-refractivity contribution in [3.8, 4) is 22.6 Å². The lowest BCUT2D eigenvalue weighted by atomic mass is 9.97. The number of carboxylic acid groups (broad SMARTS) is 1. The van der Waals surface area contributed by atoms with E-state index in [9.17, 15) is 14.7 Å². The van der Waals surface area contributed by atoms with Crippen LogP contribution in [0.3, 0.4) is 0 Å². The third-order valence-corrected chi connectivity index (χ3v) is 5.41. The van der Waals surface area contributed by atoms with Crippen molar-refractivity contribution >= 4 is 17.6 Å². The monoisotopic (exact) mass is 480 g/mol. The molecule has 0 radical (unpaired) electrons. The van der Waals surface area contributed by atoms with E-state index >= 15 is 0 Å². The average Bonchev–Trinajstić information content (AvgIpc) is 3.40. The molecule has 1 amide bonds. The highest BCUT2D eigenvalue weighted by Gasteiger charge is 2.26. The van der Waals surface area contributed by atoms with Crippen LogP contribution in [0.15, 0.2) is 64.4 Å². The standard InChI is InChI=1S/C26H28N2O7/c1-5-16-14-21(32-2)23(22(15-16)33-3)18-10-8-17(9-11-18)13-19(26(30)31)27-25(29)24(28-34-4)20-7-6-12-35-20/h6-12,14-15,19H,5,13H2,1-4H3,(H,27,29)(H,30,31)/t19-/m0/s1. The van der Waals surface area contributed by atoms with E-state index in [2.05, 4.69) is 17.4 Å². The first-order valence-corrected chi connectivity index (χ1v) is 10.9. The molecule has 0 spiro atoms. The molecule has 0 aliphatic rings. The minimum Gasteiger partial charge on any atom is -0.496 e. The van der Waals surface area contributed by atoms with Crippen molar-refractivity contribution in [1.29, 1.82) is 0 Å². The number of nitrogens with zero attached hydrogens (tertiary/aromatic N) is 1. The molecule has 1 atom stereocenters. The number of carbonyl (C=O) groups excluding carboxylic acids is 1. The van der Waals surface area contributed by atoms with Gasteiger partial charge in [0.25, 0.3) is 5.91 Å². The van der Waals surface area contributed by atoms with E-state index < -0.39 is 17.9 Å². The Labute approximate surface area is 203 Å². The summed E-state index contributed by atoms with van der Waals surface area (Å²) >= 11 is 0. The number of hydrogen-bond acceptors (Lipinski definition) is 7. The van der Waals surface area contributed by atoms with Crippen LogP contribution in [-0.2, 0) is 27.3 Å². The molecule has 1 heterocycles. The van der Waals surface area contributed by atoms with E-state index in [1.807, 2.05) is 24.3 Å². The van der Waals surface area contributed by atoms with E-state index in [4.69, 9.17) is 18.7 Å². The van der Waals surface area contributed by atoms with Gasteiger partial charge in [0.05, 0.1) is 26.0 Å². The van der Waals surface area contributed by atoms with Gasteiger partial charge < -0.3 is 29.2 Å². The molecule has 0 bridgehead atoms. The minimum atomic E-state index is -1.20. The lowest BCUT2D eigenvalue weighted by Gasteiger charge is -2.17. The Morgan fingerprint density at radius 1 is 1.03 bits per heavy atom. The summed E-state index contributed by atoms with van der Waals surface area (Å²) in [6.45, 7) is 2.05. The number of nitrogens with one attached hydrogen (secondary N) is 1. The molecule has 2 N–H and O–H groups in total. The van der Waals surface area contributed by atoms with Crippen molar-refractivity contribution in [3.05, 3.63) is 71.7 Å². The van der Waals surface area contributed by atoms with Gasteiger partial charge in [-0.2, -0.15) is 0 Å². The molecule has 3 rings (SSSR count). The normalized spacial score (nSPS) is 12.1. The van der Waals surface area contributed by atoms with Crippen molar-refractivity contribution in [2.24, 2.45) is 5.16 Å². The zero-order chi connectivity index (χ0) is 25.4. The van der Waals surface area contributed by atoms with Crippen LogP contribution in [-0.4, -0.2) is 50.1 Å². The number of benzene rings is 2. The van der Waals surface area contributed by atoms with E-state index in [-0.39, 0.29) is 17.9 Å². The molecule has 0 fully saturated rings.